The van der Waals surface area contributed by atoms with E-state index in [1.807, 2.05) is 0 Å². The lowest BCUT2D eigenvalue weighted by molar-refractivity contribution is 0.0957. The molecular weight excluding hydrogens is 252 g/mol. The molecule has 1 amide bonds. The number of hydrogen-bond acceptors (Lipinski definition) is 1. The maximum Gasteiger partial charge on any atom is 0.251 e. The van der Waals surface area contributed by atoms with Gasteiger partial charge < -0.3 is 5.32 Å². The van der Waals surface area contributed by atoms with Gasteiger partial charge in [-0.15, -0.1) is 11.6 Å². The number of allylic oxidation sites excluding steroid dienone is 1. The summed E-state index contributed by atoms with van der Waals surface area (Å²) < 4.78 is 13.0. The zero-order valence-electron chi connectivity index (χ0n) is 8.34. The highest BCUT2D eigenvalue weighted by molar-refractivity contribution is 6.30. The number of nitrogens with one attached hydrogen (secondary N) is 1. The minimum Gasteiger partial charge on any atom is -0.349 e. The second-order valence-electron chi connectivity index (χ2n) is 2.96. The number of carbonyl (C=O) groups is 1. The summed E-state index contributed by atoms with van der Waals surface area (Å²) >= 11 is 10.9. The second kappa shape index (κ2) is 6.51. The van der Waals surface area contributed by atoms with Gasteiger partial charge in [0.25, 0.3) is 5.91 Å². The van der Waals surface area contributed by atoms with Crippen LogP contribution in [0.2, 0.25) is 5.02 Å². The van der Waals surface area contributed by atoms with Crippen molar-refractivity contribution in [3.05, 3.63) is 46.8 Å². The van der Waals surface area contributed by atoms with Gasteiger partial charge in [0, 0.05) is 18.0 Å². The van der Waals surface area contributed by atoms with E-state index in [1.54, 1.807) is 12.2 Å². The Morgan fingerprint density at radius 3 is 2.81 bits per heavy atom. The lowest BCUT2D eigenvalue weighted by Crippen LogP contribution is -2.23. The Kier molecular flexibility index (Phi) is 5.29. The van der Waals surface area contributed by atoms with E-state index in [9.17, 15) is 9.18 Å². The Balaban J connectivity index is 2.59. The first-order valence-electron chi connectivity index (χ1n) is 4.59. The van der Waals surface area contributed by atoms with Crippen LogP contribution in [0, 0.1) is 5.82 Å². The Bertz CT molecular complexity index is 407. The summed E-state index contributed by atoms with van der Waals surface area (Å²) in [4.78, 5) is 11.5. The molecule has 0 saturated heterocycles. The number of amides is 1. The van der Waals surface area contributed by atoms with Crippen LogP contribution >= 0.6 is 23.2 Å². The van der Waals surface area contributed by atoms with Gasteiger partial charge in [0.15, 0.2) is 0 Å². The van der Waals surface area contributed by atoms with Gasteiger partial charge >= 0.3 is 0 Å². The lowest BCUT2D eigenvalue weighted by Gasteiger charge is -2.02. The summed E-state index contributed by atoms with van der Waals surface area (Å²) in [7, 11) is 0. The summed E-state index contributed by atoms with van der Waals surface area (Å²) in [6.07, 6.45) is 3.43. The highest BCUT2D eigenvalue weighted by Gasteiger charge is 2.07. The summed E-state index contributed by atoms with van der Waals surface area (Å²) in [5.74, 6) is -0.564. The molecule has 0 heterocycles. The first-order valence-corrected chi connectivity index (χ1v) is 5.50. The monoisotopic (exact) mass is 261 g/mol. The number of benzene rings is 1. The largest absolute Gasteiger partial charge is 0.349 e. The molecule has 0 spiro atoms. The fraction of sp³-hybridized carbons (Fsp3) is 0.182. The van der Waals surface area contributed by atoms with Gasteiger partial charge in [0.2, 0.25) is 0 Å². The molecule has 86 valence electrons. The lowest BCUT2D eigenvalue weighted by atomic mass is 10.2. The van der Waals surface area contributed by atoms with Gasteiger partial charge in [-0.1, -0.05) is 23.8 Å². The van der Waals surface area contributed by atoms with Crippen LogP contribution in [0.15, 0.2) is 30.4 Å². The molecule has 2 nitrogen and oxygen atoms in total. The van der Waals surface area contributed by atoms with Gasteiger partial charge in [-0.05, 0) is 18.2 Å². The van der Waals surface area contributed by atoms with E-state index in [0.717, 1.165) is 6.07 Å². The Labute approximate surface area is 103 Å². The van der Waals surface area contributed by atoms with Crippen molar-refractivity contribution in [2.45, 2.75) is 0 Å². The molecule has 1 rings (SSSR count). The molecule has 1 N–H and O–H groups in total. The topological polar surface area (TPSA) is 29.1 Å². The van der Waals surface area contributed by atoms with Crippen LogP contribution in [0.5, 0.6) is 0 Å². The van der Waals surface area contributed by atoms with Crippen LogP contribution in [0.3, 0.4) is 0 Å². The van der Waals surface area contributed by atoms with Crippen molar-refractivity contribution in [2.24, 2.45) is 0 Å². The minimum absolute atomic E-state index is 0.00131. The van der Waals surface area contributed by atoms with E-state index in [1.165, 1.54) is 12.1 Å². The highest BCUT2D eigenvalue weighted by Crippen LogP contribution is 2.15. The summed E-state index contributed by atoms with van der Waals surface area (Å²) in [5.41, 5.74) is 0.237. The molecular formula is C11H10Cl2FNO. The van der Waals surface area contributed by atoms with E-state index in [-0.39, 0.29) is 16.5 Å². The molecule has 0 radical (unpaired) electrons. The molecule has 0 bridgehead atoms. The number of carbonyl (C=O) groups excluding carboxylic acids is 1. The maximum atomic E-state index is 13.0. The normalized spacial score (nSPS) is 10.7. The number of rotatable bonds is 4. The van der Waals surface area contributed by atoms with Crippen LogP contribution in [0.1, 0.15) is 10.4 Å². The molecule has 0 aliphatic carbocycles. The van der Waals surface area contributed by atoms with Crippen molar-refractivity contribution in [1.29, 1.82) is 0 Å². The van der Waals surface area contributed by atoms with E-state index >= 15 is 0 Å². The van der Waals surface area contributed by atoms with Crippen molar-refractivity contribution >= 4 is 29.1 Å². The first kappa shape index (κ1) is 13.0. The fourth-order valence-electron chi connectivity index (χ4n) is 1.04. The van der Waals surface area contributed by atoms with Gasteiger partial charge in [-0.2, -0.15) is 0 Å². The van der Waals surface area contributed by atoms with Gasteiger partial charge in [0.05, 0.1) is 5.02 Å². The van der Waals surface area contributed by atoms with E-state index < -0.39 is 5.82 Å². The summed E-state index contributed by atoms with van der Waals surface area (Å²) in [6, 6.07) is 3.91. The molecule has 16 heavy (non-hydrogen) atoms. The van der Waals surface area contributed by atoms with Crippen molar-refractivity contribution in [3.8, 4) is 0 Å². The molecule has 0 atom stereocenters. The fourth-order valence-corrected chi connectivity index (χ4v) is 1.28. The van der Waals surface area contributed by atoms with Gasteiger partial charge in [-0.25, -0.2) is 4.39 Å². The standard InChI is InChI=1S/C11H10Cl2FNO/c12-5-1-2-6-15-11(16)8-3-4-9(13)10(14)7-8/h1-4,7H,5-6H2,(H,15,16)/b2-1+. The maximum absolute atomic E-state index is 13.0. The molecule has 0 saturated carbocycles. The van der Waals surface area contributed by atoms with Crippen LogP contribution in [0.4, 0.5) is 4.39 Å². The predicted molar refractivity (Wildman–Crippen MR) is 63.6 cm³/mol. The van der Waals surface area contributed by atoms with E-state index in [0.29, 0.717) is 12.4 Å². The first-order chi connectivity index (χ1) is 7.65. The van der Waals surface area contributed by atoms with Crippen LogP contribution in [-0.4, -0.2) is 18.3 Å². The zero-order chi connectivity index (χ0) is 12.0. The van der Waals surface area contributed by atoms with Crippen molar-refractivity contribution in [1.82, 2.24) is 5.32 Å². The molecule has 1 aromatic rings. The average molecular weight is 262 g/mol. The van der Waals surface area contributed by atoms with Gasteiger partial charge in [0.1, 0.15) is 5.82 Å². The molecule has 0 aliphatic heterocycles. The van der Waals surface area contributed by atoms with E-state index in [2.05, 4.69) is 5.32 Å². The third-order valence-electron chi connectivity index (χ3n) is 1.82. The Morgan fingerprint density at radius 2 is 2.19 bits per heavy atom. The quantitative estimate of drug-likeness (QED) is 0.655. The Hall–Kier alpha value is -1.06. The molecule has 0 unspecified atom stereocenters. The smallest absolute Gasteiger partial charge is 0.251 e. The van der Waals surface area contributed by atoms with Gasteiger partial charge in [-0.3, -0.25) is 4.79 Å². The third kappa shape index (κ3) is 3.83. The summed E-state index contributed by atoms with van der Waals surface area (Å²) in [6.45, 7) is 0.357. The summed E-state index contributed by atoms with van der Waals surface area (Å²) in [5, 5.41) is 2.58. The SMILES string of the molecule is O=C(NC/C=C/CCl)c1ccc(Cl)c(F)c1. The van der Waals surface area contributed by atoms with Crippen molar-refractivity contribution in [3.63, 3.8) is 0 Å². The minimum atomic E-state index is -0.606. The predicted octanol–water partition coefficient (Wildman–Crippen LogP) is 3.00. The number of hydrogen-bond donors (Lipinski definition) is 1. The molecule has 0 aromatic heterocycles. The molecule has 5 heteroatoms. The molecule has 1 aromatic carbocycles. The van der Waals surface area contributed by atoms with Crippen LogP contribution in [-0.2, 0) is 0 Å². The molecule has 0 aliphatic rings. The van der Waals surface area contributed by atoms with E-state index in [4.69, 9.17) is 23.2 Å². The van der Waals surface area contributed by atoms with Crippen molar-refractivity contribution in [2.75, 3.05) is 12.4 Å². The van der Waals surface area contributed by atoms with Crippen LogP contribution in [0.25, 0.3) is 0 Å². The van der Waals surface area contributed by atoms with Crippen molar-refractivity contribution < 1.29 is 9.18 Å². The zero-order valence-corrected chi connectivity index (χ0v) is 9.85. The molecule has 0 fully saturated rings. The number of halogens is 3. The second-order valence-corrected chi connectivity index (χ2v) is 3.68. The Morgan fingerprint density at radius 1 is 1.44 bits per heavy atom. The van der Waals surface area contributed by atoms with Crippen LogP contribution < -0.4 is 5.32 Å². The third-order valence-corrected chi connectivity index (χ3v) is 2.30. The number of alkyl halides is 1. The average Bonchev–Trinajstić information content (AvgIpc) is 2.28. The highest BCUT2D eigenvalue weighted by atomic mass is 35.5.